The first-order valence-electron chi connectivity index (χ1n) is 11.6. The second-order valence-corrected chi connectivity index (χ2v) is 8.75. The molecule has 0 heterocycles. The molecule has 2 N–H and O–H groups in total. The zero-order valence-corrected chi connectivity index (χ0v) is 18.6. The third-order valence-electron chi connectivity index (χ3n) is 6.24. The molecular weight excluding hydrogens is 404 g/mol. The summed E-state index contributed by atoms with van der Waals surface area (Å²) >= 11 is 0. The molecule has 2 unspecified atom stereocenters. The van der Waals surface area contributed by atoms with Crippen LogP contribution in [0, 0.1) is 0 Å². The Morgan fingerprint density at radius 1 is 0.727 bits per heavy atom. The highest BCUT2D eigenvalue weighted by Gasteiger charge is 2.37. The van der Waals surface area contributed by atoms with Crippen LogP contribution in [0.1, 0.15) is 45.0 Å². The van der Waals surface area contributed by atoms with Gasteiger partial charge in [0.25, 0.3) is 5.91 Å². The summed E-state index contributed by atoms with van der Waals surface area (Å²) < 4.78 is 0. The highest BCUT2D eigenvalue weighted by molar-refractivity contribution is 6.04. The van der Waals surface area contributed by atoms with Crippen LogP contribution in [0.4, 0.5) is 5.69 Å². The Morgan fingerprint density at radius 3 is 2.12 bits per heavy atom. The van der Waals surface area contributed by atoms with E-state index >= 15 is 0 Å². The van der Waals surface area contributed by atoms with Crippen molar-refractivity contribution < 1.29 is 4.79 Å². The van der Waals surface area contributed by atoms with Gasteiger partial charge in [-0.05, 0) is 59.4 Å². The number of benzene rings is 4. The molecule has 0 spiro atoms. The van der Waals surface area contributed by atoms with Crippen LogP contribution in [-0.4, -0.2) is 11.9 Å². The molecule has 1 aliphatic rings. The second-order valence-electron chi connectivity index (χ2n) is 8.75. The minimum Gasteiger partial charge on any atom is -0.322 e. The van der Waals surface area contributed by atoms with Gasteiger partial charge in [0.05, 0.1) is 0 Å². The molecule has 4 aromatic rings. The van der Waals surface area contributed by atoms with E-state index in [0.29, 0.717) is 17.5 Å². The van der Waals surface area contributed by atoms with Gasteiger partial charge in [-0.15, -0.1) is 0 Å². The maximum absolute atomic E-state index is 12.8. The quantitative estimate of drug-likeness (QED) is 0.349. The van der Waals surface area contributed by atoms with Crippen LogP contribution in [0.15, 0.2) is 109 Å². The molecule has 0 radical (unpaired) electrons. The Balaban J connectivity index is 1.15. The molecule has 1 saturated carbocycles. The number of carbonyl (C=O) groups is 1. The predicted molar refractivity (Wildman–Crippen MR) is 135 cm³/mol. The van der Waals surface area contributed by atoms with E-state index in [4.69, 9.17) is 0 Å². The molecule has 4 aromatic carbocycles. The summed E-state index contributed by atoms with van der Waals surface area (Å²) in [4.78, 5) is 12.8. The molecule has 0 aromatic heterocycles. The van der Waals surface area contributed by atoms with Gasteiger partial charge in [0.15, 0.2) is 0 Å². The number of carbonyl (C=O) groups excluding carboxylic acids is 1. The van der Waals surface area contributed by atoms with E-state index in [1.165, 1.54) is 16.7 Å². The molecule has 0 saturated heterocycles. The van der Waals surface area contributed by atoms with Crippen molar-refractivity contribution in [3.63, 3.8) is 0 Å². The van der Waals surface area contributed by atoms with Gasteiger partial charge >= 0.3 is 0 Å². The number of rotatable bonds is 8. The van der Waals surface area contributed by atoms with Crippen LogP contribution < -0.4 is 10.6 Å². The lowest BCUT2D eigenvalue weighted by molar-refractivity contribution is 0.102. The monoisotopic (exact) mass is 432 g/mol. The van der Waals surface area contributed by atoms with Crippen molar-refractivity contribution in [3.8, 4) is 0 Å². The Bertz CT molecular complexity index is 1200. The third-order valence-corrected chi connectivity index (χ3v) is 6.24. The number of anilines is 1. The fraction of sp³-hybridized carbons (Fsp3) is 0.167. The Morgan fingerprint density at radius 2 is 1.39 bits per heavy atom. The summed E-state index contributed by atoms with van der Waals surface area (Å²) in [6.45, 7) is 0.902. The van der Waals surface area contributed by atoms with Crippen LogP contribution in [0.2, 0.25) is 0 Å². The standard InChI is InChI=1S/C30H28N2O/c33-30(26-13-7-12-24(19-26)18-22-8-3-1-4-9-22)32-27-16-14-25(15-17-27)28-20-29(28)31-21-23-10-5-2-6-11-23/h1-17,19,28-29,31H,18,20-21H2,(H,32,33). The molecule has 164 valence electrons. The van der Waals surface area contributed by atoms with Gasteiger partial charge in [-0.2, -0.15) is 0 Å². The molecule has 0 aliphatic heterocycles. The van der Waals surface area contributed by atoms with Crippen LogP contribution in [0.25, 0.3) is 0 Å². The van der Waals surface area contributed by atoms with E-state index in [2.05, 4.69) is 65.2 Å². The molecule has 33 heavy (non-hydrogen) atoms. The summed E-state index contributed by atoms with van der Waals surface area (Å²) in [7, 11) is 0. The number of amides is 1. The van der Waals surface area contributed by atoms with E-state index in [-0.39, 0.29) is 5.91 Å². The van der Waals surface area contributed by atoms with Gasteiger partial charge in [-0.25, -0.2) is 0 Å². The number of hydrogen-bond acceptors (Lipinski definition) is 2. The van der Waals surface area contributed by atoms with E-state index in [9.17, 15) is 4.79 Å². The molecule has 1 fully saturated rings. The van der Waals surface area contributed by atoms with Gasteiger partial charge in [0.2, 0.25) is 0 Å². The molecule has 2 atom stereocenters. The molecule has 1 amide bonds. The highest BCUT2D eigenvalue weighted by Crippen LogP contribution is 2.41. The minimum atomic E-state index is -0.0773. The second kappa shape index (κ2) is 9.85. The van der Waals surface area contributed by atoms with E-state index < -0.39 is 0 Å². The summed E-state index contributed by atoms with van der Waals surface area (Å²) in [5, 5.41) is 6.68. The van der Waals surface area contributed by atoms with Crippen LogP contribution in [-0.2, 0) is 13.0 Å². The van der Waals surface area contributed by atoms with E-state index in [1.807, 2.05) is 54.6 Å². The van der Waals surface area contributed by atoms with Gasteiger partial charge in [-0.3, -0.25) is 4.79 Å². The lowest BCUT2D eigenvalue weighted by Crippen LogP contribution is -2.17. The first-order valence-corrected chi connectivity index (χ1v) is 11.6. The number of nitrogens with one attached hydrogen (secondary N) is 2. The fourth-order valence-corrected chi connectivity index (χ4v) is 4.30. The number of hydrogen-bond donors (Lipinski definition) is 2. The first kappa shape index (κ1) is 21.2. The molecular formula is C30H28N2O. The van der Waals surface area contributed by atoms with Crippen molar-refractivity contribution in [2.24, 2.45) is 0 Å². The Labute approximate surface area is 195 Å². The molecule has 3 nitrogen and oxygen atoms in total. The summed E-state index contributed by atoms with van der Waals surface area (Å²) in [6, 6.07) is 37.5. The fourth-order valence-electron chi connectivity index (χ4n) is 4.30. The Kier molecular flexibility index (Phi) is 6.32. The maximum Gasteiger partial charge on any atom is 0.255 e. The lowest BCUT2D eigenvalue weighted by atomic mass is 10.0. The SMILES string of the molecule is O=C(Nc1ccc(C2CC2NCc2ccccc2)cc1)c1cccc(Cc2ccccc2)c1. The lowest BCUT2D eigenvalue weighted by Gasteiger charge is -2.09. The zero-order chi connectivity index (χ0) is 22.5. The minimum absolute atomic E-state index is 0.0773. The average molecular weight is 433 g/mol. The highest BCUT2D eigenvalue weighted by atomic mass is 16.1. The van der Waals surface area contributed by atoms with Gasteiger partial charge < -0.3 is 10.6 Å². The molecule has 1 aliphatic carbocycles. The molecule has 0 bridgehead atoms. The van der Waals surface area contributed by atoms with Crippen molar-refractivity contribution in [3.05, 3.63) is 137 Å². The normalized spacial score (nSPS) is 16.8. The smallest absolute Gasteiger partial charge is 0.255 e. The van der Waals surface area contributed by atoms with E-state index in [0.717, 1.165) is 30.6 Å². The summed E-state index contributed by atoms with van der Waals surface area (Å²) in [5.41, 5.74) is 6.51. The Hall–Kier alpha value is -3.69. The van der Waals surface area contributed by atoms with Crippen molar-refractivity contribution in [1.29, 1.82) is 0 Å². The average Bonchev–Trinajstić information content (AvgIpc) is 3.64. The van der Waals surface area contributed by atoms with Crippen molar-refractivity contribution in [2.45, 2.75) is 31.3 Å². The van der Waals surface area contributed by atoms with Crippen LogP contribution in [0.5, 0.6) is 0 Å². The topological polar surface area (TPSA) is 41.1 Å². The van der Waals surface area contributed by atoms with Crippen molar-refractivity contribution in [1.82, 2.24) is 5.32 Å². The molecule has 5 rings (SSSR count). The molecule has 3 heteroatoms. The van der Waals surface area contributed by atoms with Crippen molar-refractivity contribution in [2.75, 3.05) is 5.32 Å². The van der Waals surface area contributed by atoms with Gasteiger partial charge in [0.1, 0.15) is 0 Å². The van der Waals surface area contributed by atoms with E-state index in [1.54, 1.807) is 0 Å². The van der Waals surface area contributed by atoms with Crippen molar-refractivity contribution >= 4 is 11.6 Å². The summed E-state index contributed by atoms with van der Waals surface area (Å²) in [5.74, 6) is 0.472. The summed E-state index contributed by atoms with van der Waals surface area (Å²) in [6.07, 6.45) is 1.98. The van der Waals surface area contributed by atoms with Crippen LogP contribution >= 0.6 is 0 Å². The van der Waals surface area contributed by atoms with Gasteiger partial charge in [0, 0.05) is 29.8 Å². The van der Waals surface area contributed by atoms with Crippen LogP contribution in [0.3, 0.4) is 0 Å². The maximum atomic E-state index is 12.8. The predicted octanol–water partition coefficient (Wildman–Crippen LogP) is 6.18. The first-order chi connectivity index (χ1) is 16.2. The largest absolute Gasteiger partial charge is 0.322 e. The van der Waals surface area contributed by atoms with Gasteiger partial charge in [-0.1, -0.05) is 84.9 Å². The zero-order valence-electron chi connectivity index (χ0n) is 18.6. The third kappa shape index (κ3) is 5.57.